The minimum atomic E-state index is -0.994. The summed E-state index contributed by atoms with van der Waals surface area (Å²) in [5.74, 6) is 0.483. The van der Waals surface area contributed by atoms with Gasteiger partial charge in [0.05, 0.1) is 24.2 Å². The Hall–Kier alpha value is -3.33. The first-order valence-corrected chi connectivity index (χ1v) is 12.4. The van der Waals surface area contributed by atoms with E-state index >= 15 is 0 Å². The zero-order chi connectivity index (χ0) is 23.9. The van der Waals surface area contributed by atoms with Gasteiger partial charge < -0.3 is 24.4 Å². The zero-order valence-corrected chi connectivity index (χ0v) is 19.9. The first-order valence-electron chi connectivity index (χ1n) is 11.5. The average Bonchev–Trinajstić information content (AvgIpc) is 3.61. The van der Waals surface area contributed by atoms with Gasteiger partial charge in [-0.2, -0.15) is 0 Å². The summed E-state index contributed by atoms with van der Waals surface area (Å²) in [6, 6.07) is 9.49. The summed E-state index contributed by atoms with van der Waals surface area (Å²) in [6.07, 6.45) is 6.65. The van der Waals surface area contributed by atoms with Crippen molar-refractivity contribution in [2.24, 2.45) is 0 Å². The minimum Gasteiger partial charge on any atom is -0.467 e. The molecule has 0 bridgehead atoms. The molecule has 1 aliphatic rings. The molecule has 3 heterocycles. The molecule has 4 rings (SSSR count). The van der Waals surface area contributed by atoms with E-state index in [4.69, 9.17) is 8.83 Å². The van der Waals surface area contributed by atoms with Crippen LogP contribution in [0.3, 0.4) is 0 Å². The highest BCUT2D eigenvalue weighted by atomic mass is 32.1. The van der Waals surface area contributed by atoms with Crippen LogP contribution in [-0.4, -0.2) is 35.2 Å². The van der Waals surface area contributed by atoms with Crippen molar-refractivity contribution in [3.8, 4) is 0 Å². The molecule has 34 heavy (non-hydrogen) atoms. The number of hydrogen-bond acceptors (Lipinski definition) is 6. The summed E-state index contributed by atoms with van der Waals surface area (Å²) in [7, 11) is 0. The molecule has 1 saturated carbocycles. The fourth-order valence-electron chi connectivity index (χ4n) is 4.20. The number of furan rings is 2. The Labute approximate surface area is 202 Å². The van der Waals surface area contributed by atoms with Crippen LogP contribution in [0.25, 0.3) is 0 Å². The smallest absolute Gasteiger partial charge is 0.261 e. The Morgan fingerprint density at radius 2 is 1.94 bits per heavy atom. The summed E-state index contributed by atoms with van der Waals surface area (Å²) in [6.45, 7) is 1.59. The van der Waals surface area contributed by atoms with E-state index in [0.717, 1.165) is 25.7 Å². The van der Waals surface area contributed by atoms with Gasteiger partial charge in [-0.3, -0.25) is 14.4 Å². The average molecular weight is 484 g/mol. The number of nitrogens with zero attached hydrogens (tertiary/aromatic N) is 1. The van der Waals surface area contributed by atoms with Crippen LogP contribution in [0.4, 0.5) is 0 Å². The summed E-state index contributed by atoms with van der Waals surface area (Å²) in [5.41, 5.74) is 0. The molecule has 0 unspecified atom stereocenters. The van der Waals surface area contributed by atoms with E-state index in [1.807, 2.05) is 0 Å². The molecule has 2 N–H and O–H groups in total. The number of carbonyl (C=O) groups excluding carboxylic acids is 3. The number of nitrogens with one attached hydrogen (secondary N) is 2. The van der Waals surface area contributed by atoms with Gasteiger partial charge in [0.15, 0.2) is 6.04 Å². The van der Waals surface area contributed by atoms with E-state index < -0.39 is 11.9 Å². The van der Waals surface area contributed by atoms with Gasteiger partial charge in [0.25, 0.3) is 11.8 Å². The Balaban J connectivity index is 1.58. The maximum absolute atomic E-state index is 13.5. The number of rotatable bonds is 9. The van der Waals surface area contributed by atoms with Gasteiger partial charge in [0.1, 0.15) is 17.3 Å². The molecule has 0 radical (unpaired) electrons. The lowest BCUT2D eigenvalue weighted by molar-refractivity contribution is -0.142. The summed E-state index contributed by atoms with van der Waals surface area (Å²) < 4.78 is 11.3. The van der Waals surface area contributed by atoms with Crippen molar-refractivity contribution in [3.63, 3.8) is 0 Å². The van der Waals surface area contributed by atoms with Crippen LogP contribution >= 0.6 is 11.3 Å². The quantitative estimate of drug-likeness (QED) is 0.475. The molecular formula is C25H29N3O5S. The largest absolute Gasteiger partial charge is 0.467 e. The first kappa shape index (κ1) is 23.8. The maximum atomic E-state index is 13.5. The van der Waals surface area contributed by atoms with Crippen LogP contribution in [0.2, 0.25) is 0 Å². The highest BCUT2D eigenvalue weighted by Crippen LogP contribution is 2.27. The van der Waals surface area contributed by atoms with Gasteiger partial charge in [-0.25, -0.2) is 0 Å². The van der Waals surface area contributed by atoms with Gasteiger partial charge in [-0.1, -0.05) is 25.3 Å². The van der Waals surface area contributed by atoms with Gasteiger partial charge >= 0.3 is 0 Å². The molecule has 1 aliphatic carbocycles. The highest BCUT2D eigenvalue weighted by Gasteiger charge is 2.35. The van der Waals surface area contributed by atoms with Crippen molar-refractivity contribution in [2.75, 3.05) is 6.54 Å². The predicted molar refractivity (Wildman–Crippen MR) is 127 cm³/mol. The van der Waals surface area contributed by atoms with Gasteiger partial charge in [0, 0.05) is 6.04 Å². The molecule has 3 aromatic heterocycles. The highest BCUT2D eigenvalue weighted by molar-refractivity contribution is 7.12. The van der Waals surface area contributed by atoms with E-state index in [1.54, 1.807) is 48.7 Å². The SMILES string of the molecule is Cc1ccc([C@@H](C(=O)NC2CCCCC2)N(Cc2ccco2)C(=O)CNC(=O)c2cccs2)o1. The molecule has 0 aromatic carbocycles. The molecular weight excluding hydrogens is 454 g/mol. The Morgan fingerprint density at radius 3 is 2.59 bits per heavy atom. The third-order valence-corrected chi connectivity index (χ3v) is 6.78. The van der Waals surface area contributed by atoms with Crippen LogP contribution in [0, 0.1) is 6.92 Å². The van der Waals surface area contributed by atoms with Crippen LogP contribution in [-0.2, 0) is 16.1 Å². The van der Waals surface area contributed by atoms with E-state index in [9.17, 15) is 14.4 Å². The molecule has 3 aromatic rings. The molecule has 0 aliphatic heterocycles. The Bertz CT molecular complexity index is 1080. The minimum absolute atomic E-state index is 0.0587. The van der Waals surface area contributed by atoms with Crippen LogP contribution in [0.15, 0.2) is 56.9 Å². The number of thiophene rings is 1. The predicted octanol–water partition coefficient (Wildman–Crippen LogP) is 4.19. The van der Waals surface area contributed by atoms with E-state index in [0.29, 0.717) is 22.2 Å². The third kappa shape index (κ3) is 5.96. The number of aryl methyl sites for hydroxylation is 1. The van der Waals surface area contributed by atoms with Crippen molar-refractivity contribution < 1.29 is 23.2 Å². The molecule has 0 spiro atoms. The fourth-order valence-corrected chi connectivity index (χ4v) is 4.84. The van der Waals surface area contributed by atoms with Gasteiger partial charge in [0.2, 0.25) is 5.91 Å². The van der Waals surface area contributed by atoms with Gasteiger partial charge in [-0.15, -0.1) is 11.3 Å². The third-order valence-electron chi connectivity index (χ3n) is 5.91. The summed E-state index contributed by atoms with van der Waals surface area (Å²) >= 11 is 1.29. The summed E-state index contributed by atoms with van der Waals surface area (Å²) in [5, 5.41) is 7.58. The Morgan fingerprint density at radius 1 is 1.12 bits per heavy atom. The van der Waals surface area contributed by atoms with Crippen molar-refractivity contribution in [1.82, 2.24) is 15.5 Å². The summed E-state index contributed by atoms with van der Waals surface area (Å²) in [4.78, 5) is 41.3. The van der Waals surface area contributed by atoms with Crippen molar-refractivity contribution in [2.45, 2.75) is 57.7 Å². The number of hydrogen-bond donors (Lipinski definition) is 2. The van der Waals surface area contributed by atoms with E-state index in [-0.39, 0.29) is 30.9 Å². The van der Waals surface area contributed by atoms with Crippen LogP contribution in [0.1, 0.15) is 65.1 Å². The molecule has 1 fully saturated rings. The van der Waals surface area contributed by atoms with Crippen LogP contribution < -0.4 is 10.6 Å². The molecule has 8 nitrogen and oxygen atoms in total. The fraction of sp³-hybridized carbons (Fsp3) is 0.400. The molecule has 1 atom stereocenters. The van der Waals surface area contributed by atoms with Crippen molar-refractivity contribution >= 4 is 29.1 Å². The van der Waals surface area contributed by atoms with Gasteiger partial charge in [-0.05, 0) is 55.5 Å². The standard InChI is InChI=1S/C25H29N3O5S/c1-17-11-12-20(33-17)23(25(31)27-18-7-3-2-4-8-18)28(16-19-9-5-13-32-19)22(29)15-26-24(30)21-10-6-14-34-21/h5-6,9-14,18,23H,2-4,7-8,15-16H2,1H3,(H,26,30)(H,27,31)/t23-/m0/s1. The molecule has 3 amide bonds. The second-order valence-corrected chi connectivity index (χ2v) is 9.40. The second kappa shape index (κ2) is 11.2. The number of amides is 3. The first-order chi connectivity index (χ1) is 16.5. The number of carbonyl (C=O) groups is 3. The normalized spacial score (nSPS) is 15.0. The van der Waals surface area contributed by atoms with Crippen molar-refractivity contribution in [1.29, 1.82) is 0 Å². The lowest BCUT2D eigenvalue weighted by Gasteiger charge is -2.31. The molecule has 0 saturated heterocycles. The maximum Gasteiger partial charge on any atom is 0.261 e. The monoisotopic (exact) mass is 483 g/mol. The molecule has 9 heteroatoms. The van der Waals surface area contributed by atoms with Crippen LogP contribution in [0.5, 0.6) is 0 Å². The molecule has 180 valence electrons. The van der Waals surface area contributed by atoms with Crippen molar-refractivity contribution in [3.05, 3.63) is 70.2 Å². The topological polar surface area (TPSA) is 105 Å². The van der Waals surface area contributed by atoms with E-state index in [2.05, 4.69) is 10.6 Å². The Kier molecular flexibility index (Phi) is 7.84. The van der Waals surface area contributed by atoms with E-state index in [1.165, 1.54) is 28.9 Å². The lowest BCUT2D eigenvalue weighted by Crippen LogP contribution is -2.49. The zero-order valence-electron chi connectivity index (χ0n) is 19.1. The second-order valence-electron chi connectivity index (χ2n) is 8.46. The lowest BCUT2D eigenvalue weighted by atomic mass is 9.95.